The molecule has 0 aliphatic rings. The molecular weight excluding hydrogens is 383 g/mol. The van der Waals surface area contributed by atoms with Crippen LogP contribution in [-0.2, 0) is 6.54 Å². The molecule has 5 nitrogen and oxygen atoms in total. The SMILES string of the molecule is CCCN(CC)c1ccc(C(=O)Nc2ccccc2CNCC)cn1.Cl.Cl. The zero-order valence-electron chi connectivity index (χ0n) is 16.2. The van der Waals surface area contributed by atoms with Crippen LogP contribution in [0.3, 0.4) is 0 Å². The maximum atomic E-state index is 12.5. The minimum absolute atomic E-state index is 0. The highest BCUT2D eigenvalue weighted by Gasteiger charge is 2.11. The van der Waals surface area contributed by atoms with Gasteiger partial charge in [0.25, 0.3) is 5.91 Å². The second-order valence-electron chi connectivity index (χ2n) is 5.88. The summed E-state index contributed by atoms with van der Waals surface area (Å²) in [6, 6.07) is 11.6. The van der Waals surface area contributed by atoms with Crippen molar-refractivity contribution >= 4 is 42.2 Å². The van der Waals surface area contributed by atoms with E-state index in [4.69, 9.17) is 0 Å². The number of para-hydroxylation sites is 1. The number of hydrogen-bond donors (Lipinski definition) is 2. The van der Waals surface area contributed by atoms with E-state index in [1.165, 1.54) is 0 Å². The van der Waals surface area contributed by atoms with E-state index in [1.54, 1.807) is 6.20 Å². The largest absolute Gasteiger partial charge is 0.357 e. The minimum Gasteiger partial charge on any atom is -0.357 e. The molecule has 0 saturated heterocycles. The van der Waals surface area contributed by atoms with Crippen LogP contribution in [0.4, 0.5) is 11.5 Å². The number of halogens is 2. The Bertz CT molecular complexity index is 680. The summed E-state index contributed by atoms with van der Waals surface area (Å²) in [4.78, 5) is 19.2. The molecule has 2 rings (SSSR count). The number of rotatable bonds is 9. The number of nitrogens with zero attached hydrogens (tertiary/aromatic N) is 2. The summed E-state index contributed by atoms with van der Waals surface area (Å²) in [5.74, 6) is 0.773. The molecule has 0 fully saturated rings. The minimum atomic E-state index is -0.137. The smallest absolute Gasteiger partial charge is 0.257 e. The van der Waals surface area contributed by atoms with Crippen LogP contribution < -0.4 is 15.5 Å². The third-order valence-corrected chi connectivity index (χ3v) is 4.04. The van der Waals surface area contributed by atoms with Gasteiger partial charge in [-0.3, -0.25) is 4.79 Å². The van der Waals surface area contributed by atoms with E-state index in [-0.39, 0.29) is 30.7 Å². The van der Waals surface area contributed by atoms with Gasteiger partial charge in [0, 0.05) is 31.5 Å². The van der Waals surface area contributed by atoms with Crippen molar-refractivity contribution in [2.45, 2.75) is 33.7 Å². The molecule has 0 saturated carbocycles. The van der Waals surface area contributed by atoms with Gasteiger partial charge in [0.15, 0.2) is 0 Å². The Hall–Kier alpha value is -1.82. The number of nitrogens with one attached hydrogen (secondary N) is 2. The number of carbonyl (C=O) groups excluding carboxylic acids is 1. The van der Waals surface area contributed by atoms with Crippen LogP contribution in [0.2, 0.25) is 0 Å². The van der Waals surface area contributed by atoms with Gasteiger partial charge >= 0.3 is 0 Å². The molecule has 1 aromatic carbocycles. The van der Waals surface area contributed by atoms with Gasteiger partial charge in [0.05, 0.1) is 5.56 Å². The number of carbonyl (C=O) groups is 1. The second-order valence-corrected chi connectivity index (χ2v) is 5.88. The number of hydrogen-bond acceptors (Lipinski definition) is 4. The molecule has 7 heteroatoms. The van der Waals surface area contributed by atoms with E-state index in [0.29, 0.717) is 5.56 Å². The Kier molecular flexibility index (Phi) is 12.5. The van der Waals surface area contributed by atoms with Crippen LogP contribution in [0.15, 0.2) is 42.6 Å². The van der Waals surface area contributed by atoms with E-state index in [9.17, 15) is 4.79 Å². The molecule has 0 aliphatic heterocycles. The quantitative estimate of drug-likeness (QED) is 0.635. The van der Waals surface area contributed by atoms with Gasteiger partial charge in [0.1, 0.15) is 5.82 Å². The molecule has 1 heterocycles. The third-order valence-electron chi connectivity index (χ3n) is 4.04. The van der Waals surface area contributed by atoms with E-state index in [1.807, 2.05) is 36.4 Å². The Morgan fingerprint density at radius 3 is 2.41 bits per heavy atom. The van der Waals surface area contributed by atoms with Gasteiger partial charge in [-0.05, 0) is 43.7 Å². The van der Waals surface area contributed by atoms with E-state index in [2.05, 4.69) is 41.3 Å². The molecule has 2 N–H and O–H groups in total. The van der Waals surface area contributed by atoms with Crippen molar-refractivity contribution in [1.82, 2.24) is 10.3 Å². The maximum absolute atomic E-state index is 12.5. The summed E-state index contributed by atoms with van der Waals surface area (Å²) in [7, 11) is 0. The lowest BCUT2D eigenvalue weighted by Crippen LogP contribution is -2.24. The van der Waals surface area contributed by atoms with Crippen molar-refractivity contribution in [3.63, 3.8) is 0 Å². The normalized spacial score (nSPS) is 9.74. The van der Waals surface area contributed by atoms with E-state index >= 15 is 0 Å². The van der Waals surface area contributed by atoms with Crippen molar-refractivity contribution in [1.29, 1.82) is 0 Å². The molecule has 150 valence electrons. The number of pyridine rings is 1. The van der Waals surface area contributed by atoms with Crippen LogP contribution in [0.5, 0.6) is 0 Å². The molecule has 2 aromatic rings. The van der Waals surface area contributed by atoms with Crippen molar-refractivity contribution < 1.29 is 4.79 Å². The summed E-state index contributed by atoms with van der Waals surface area (Å²) in [5, 5.41) is 6.28. The van der Waals surface area contributed by atoms with Gasteiger partial charge < -0.3 is 15.5 Å². The summed E-state index contributed by atoms with van der Waals surface area (Å²) >= 11 is 0. The molecule has 1 amide bonds. The fraction of sp³-hybridized carbons (Fsp3) is 0.400. The highest BCUT2D eigenvalue weighted by Crippen LogP contribution is 2.17. The third kappa shape index (κ3) is 7.37. The monoisotopic (exact) mass is 412 g/mol. The predicted octanol–water partition coefficient (Wildman–Crippen LogP) is 4.52. The standard InChI is InChI=1S/C20H28N4O.2ClH/c1-4-13-24(6-3)19-12-11-17(15-22-19)20(25)23-18-10-8-7-9-16(18)14-21-5-2;;/h7-12,15,21H,4-6,13-14H2,1-3H3,(H,23,25);2*1H. The number of aromatic nitrogens is 1. The number of anilines is 2. The van der Waals surface area contributed by atoms with Gasteiger partial charge in [-0.2, -0.15) is 0 Å². The van der Waals surface area contributed by atoms with E-state index in [0.717, 1.165) is 49.7 Å². The maximum Gasteiger partial charge on any atom is 0.257 e. The zero-order chi connectivity index (χ0) is 18.1. The van der Waals surface area contributed by atoms with Crippen LogP contribution in [-0.4, -0.2) is 30.5 Å². The summed E-state index contributed by atoms with van der Waals surface area (Å²) < 4.78 is 0. The number of amides is 1. The second kappa shape index (κ2) is 13.4. The Balaban J connectivity index is 0.00000338. The van der Waals surface area contributed by atoms with Crippen molar-refractivity contribution in [2.75, 3.05) is 29.9 Å². The average molecular weight is 413 g/mol. The molecule has 27 heavy (non-hydrogen) atoms. The van der Waals surface area contributed by atoms with Gasteiger partial charge in [-0.15, -0.1) is 24.8 Å². The van der Waals surface area contributed by atoms with E-state index < -0.39 is 0 Å². The van der Waals surface area contributed by atoms with Crippen LogP contribution >= 0.6 is 24.8 Å². The van der Waals surface area contributed by atoms with Gasteiger partial charge in [-0.1, -0.05) is 32.0 Å². The van der Waals surface area contributed by atoms with Crippen molar-refractivity contribution in [3.05, 3.63) is 53.7 Å². The highest BCUT2D eigenvalue weighted by molar-refractivity contribution is 6.04. The topological polar surface area (TPSA) is 57.3 Å². The summed E-state index contributed by atoms with van der Waals surface area (Å²) in [6.45, 7) is 9.81. The van der Waals surface area contributed by atoms with Gasteiger partial charge in [0.2, 0.25) is 0 Å². The first kappa shape index (κ1) is 25.2. The summed E-state index contributed by atoms with van der Waals surface area (Å²) in [6.07, 6.45) is 2.72. The Morgan fingerprint density at radius 1 is 1.07 bits per heavy atom. The first-order valence-electron chi connectivity index (χ1n) is 9.00. The lowest BCUT2D eigenvalue weighted by molar-refractivity contribution is 0.102. The molecule has 0 radical (unpaired) electrons. The van der Waals surface area contributed by atoms with Gasteiger partial charge in [-0.25, -0.2) is 4.98 Å². The zero-order valence-corrected chi connectivity index (χ0v) is 17.8. The van der Waals surface area contributed by atoms with Crippen molar-refractivity contribution in [2.24, 2.45) is 0 Å². The van der Waals surface area contributed by atoms with Crippen LogP contribution in [0.1, 0.15) is 43.1 Å². The molecule has 0 spiro atoms. The lowest BCUT2D eigenvalue weighted by Gasteiger charge is -2.21. The first-order valence-corrected chi connectivity index (χ1v) is 9.00. The molecular formula is C20H30Cl2N4O. The van der Waals surface area contributed by atoms with Crippen LogP contribution in [0, 0.1) is 0 Å². The predicted molar refractivity (Wildman–Crippen MR) is 119 cm³/mol. The molecule has 0 aliphatic carbocycles. The molecule has 1 aromatic heterocycles. The fourth-order valence-corrected chi connectivity index (χ4v) is 2.66. The lowest BCUT2D eigenvalue weighted by atomic mass is 10.1. The average Bonchev–Trinajstić information content (AvgIpc) is 2.65. The molecule has 0 bridgehead atoms. The first-order chi connectivity index (χ1) is 12.2. The number of benzene rings is 1. The van der Waals surface area contributed by atoms with Crippen LogP contribution in [0.25, 0.3) is 0 Å². The van der Waals surface area contributed by atoms with Crippen molar-refractivity contribution in [3.8, 4) is 0 Å². The highest BCUT2D eigenvalue weighted by atomic mass is 35.5. The Morgan fingerprint density at radius 2 is 1.81 bits per heavy atom. The summed E-state index contributed by atoms with van der Waals surface area (Å²) in [5.41, 5.74) is 2.47. The molecule has 0 atom stereocenters. The fourth-order valence-electron chi connectivity index (χ4n) is 2.66. The molecule has 0 unspecified atom stereocenters. The Labute approximate surface area is 174 Å².